The first kappa shape index (κ1) is 37.1. The molecule has 0 bridgehead atoms. The molecular weight excluding hydrogens is 544 g/mol. The van der Waals surface area contributed by atoms with Crippen LogP contribution in [0.25, 0.3) is 0 Å². The number of aryl methyl sites for hydroxylation is 1. The quantitative estimate of drug-likeness (QED) is 0.0652. The fraction of sp³-hybridized carbons (Fsp3) is 0.651. The number of hydrogen-bond donors (Lipinski definition) is 1. The molecule has 2 aromatic carbocycles. The first-order valence-corrected chi connectivity index (χ1v) is 19.3. The van der Waals surface area contributed by atoms with Crippen molar-refractivity contribution in [2.75, 3.05) is 0 Å². The summed E-state index contributed by atoms with van der Waals surface area (Å²) in [6, 6.07) is 22.6. The summed E-state index contributed by atoms with van der Waals surface area (Å²) in [6.45, 7) is 8.28. The summed E-state index contributed by atoms with van der Waals surface area (Å²) in [5.74, 6) is 1.87. The number of aromatic amines is 1. The Balaban J connectivity index is 1.63. The molecule has 1 aromatic heterocycles. The van der Waals surface area contributed by atoms with Gasteiger partial charge in [-0.05, 0) is 36.8 Å². The summed E-state index contributed by atoms with van der Waals surface area (Å²) in [5, 5.41) is 0. The van der Waals surface area contributed by atoms with Crippen LogP contribution in [0.15, 0.2) is 73.1 Å². The van der Waals surface area contributed by atoms with Crippen LogP contribution in [0.1, 0.15) is 178 Å². The van der Waals surface area contributed by atoms with Crippen molar-refractivity contribution < 1.29 is 4.57 Å². The Labute approximate surface area is 278 Å². The molecule has 45 heavy (non-hydrogen) atoms. The lowest BCUT2D eigenvalue weighted by molar-refractivity contribution is -0.705. The summed E-state index contributed by atoms with van der Waals surface area (Å²) < 4.78 is 2.58. The van der Waals surface area contributed by atoms with Crippen LogP contribution < -0.4 is 4.57 Å². The minimum Gasteiger partial charge on any atom is -0.247 e. The molecule has 0 aliphatic carbocycles. The summed E-state index contributed by atoms with van der Waals surface area (Å²) in [7, 11) is 0. The van der Waals surface area contributed by atoms with E-state index in [9.17, 15) is 0 Å². The Bertz CT molecular complexity index is 1090. The average molecular weight is 614 g/mol. The van der Waals surface area contributed by atoms with E-state index in [-0.39, 0.29) is 5.41 Å². The highest BCUT2D eigenvalue weighted by molar-refractivity contribution is 5.32. The Hall–Kier alpha value is -2.35. The normalized spacial score (nSPS) is 13.6. The van der Waals surface area contributed by atoms with Crippen molar-refractivity contribution in [3.8, 4) is 0 Å². The molecule has 1 N–H and O–H groups in total. The molecule has 3 aromatic rings. The number of nitrogens with zero attached hydrogens (tertiary/aromatic N) is 1. The van der Waals surface area contributed by atoms with Crippen LogP contribution in [-0.2, 0) is 18.4 Å². The maximum Gasteiger partial charge on any atom is 0.258 e. The van der Waals surface area contributed by atoms with Gasteiger partial charge in [0.1, 0.15) is 12.4 Å². The van der Waals surface area contributed by atoms with E-state index in [1.807, 2.05) is 0 Å². The summed E-state index contributed by atoms with van der Waals surface area (Å²) in [6.07, 6.45) is 34.5. The monoisotopic (exact) mass is 614 g/mol. The molecule has 0 aliphatic heterocycles. The van der Waals surface area contributed by atoms with Crippen molar-refractivity contribution in [1.29, 1.82) is 0 Å². The second kappa shape index (κ2) is 23.0. The molecule has 0 amide bonds. The van der Waals surface area contributed by atoms with E-state index in [0.717, 1.165) is 13.0 Å². The maximum absolute atomic E-state index is 3.80. The smallest absolute Gasteiger partial charge is 0.247 e. The topological polar surface area (TPSA) is 19.7 Å². The third kappa shape index (κ3) is 13.9. The van der Waals surface area contributed by atoms with Crippen LogP contribution in [-0.4, -0.2) is 4.98 Å². The zero-order valence-corrected chi connectivity index (χ0v) is 29.7. The third-order valence-electron chi connectivity index (χ3n) is 10.3. The lowest BCUT2D eigenvalue weighted by Crippen LogP contribution is -2.43. The number of hydrogen-bond acceptors (Lipinski definition) is 0. The second-order valence-electron chi connectivity index (χ2n) is 14.2. The predicted octanol–water partition coefficient (Wildman–Crippen LogP) is 12.8. The molecule has 2 unspecified atom stereocenters. The number of benzene rings is 2. The molecule has 0 saturated carbocycles. The van der Waals surface area contributed by atoms with E-state index < -0.39 is 0 Å². The van der Waals surface area contributed by atoms with E-state index >= 15 is 0 Å². The predicted molar refractivity (Wildman–Crippen MR) is 196 cm³/mol. The average Bonchev–Trinajstić information content (AvgIpc) is 3.53. The Morgan fingerprint density at radius 1 is 0.578 bits per heavy atom. The van der Waals surface area contributed by atoms with Gasteiger partial charge in [0.15, 0.2) is 0 Å². The van der Waals surface area contributed by atoms with E-state index in [0.29, 0.717) is 5.92 Å². The van der Waals surface area contributed by atoms with Crippen molar-refractivity contribution in [2.45, 2.75) is 180 Å². The number of unbranched alkanes of at least 4 members (excludes halogenated alkanes) is 18. The Morgan fingerprint density at radius 2 is 1.04 bits per heavy atom. The fourth-order valence-electron chi connectivity index (χ4n) is 7.50. The van der Waals surface area contributed by atoms with Crippen LogP contribution in [0.2, 0.25) is 0 Å². The summed E-state index contributed by atoms with van der Waals surface area (Å²) >= 11 is 0. The van der Waals surface area contributed by atoms with Gasteiger partial charge in [-0.3, -0.25) is 0 Å². The van der Waals surface area contributed by atoms with Crippen molar-refractivity contribution in [3.05, 3.63) is 90.0 Å². The first-order valence-electron chi connectivity index (χ1n) is 19.3. The number of rotatable bonds is 27. The van der Waals surface area contributed by atoms with E-state index in [1.165, 1.54) is 152 Å². The number of aromatic nitrogens is 2. The number of H-pyrrole nitrogens is 1. The van der Waals surface area contributed by atoms with Crippen LogP contribution >= 0.6 is 0 Å². The molecule has 1 heterocycles. The second-order valence-corrected chi connectivity index (χ2v) is 14.2. The van der Waals surface area contributed by atoms with Gasteiger partial charge in [-0.15, -0.1) is 0 Å². The van der Waals surface area contributed by atoms with Crippen LogP contribution in [0.5, 0.6) is 0 Å². The Morgan fingerprint density at radius 3 is 1.58 bits per heavy atom. The lowest BCUT2D eigenvalue weighted by atomic mass is 9.66. The van der Waals surface area contributed by atoms with Crippen molar-refractivity contribution >= 4 is 0 Å². The Kier molecular flexibility index (Phi) is 19.0. The van der Waals surface area contributed by atoms with Crippen molar-refractivity contribution in [1.82, 2.24) is 4.98 Å². The van der Waals surface area contributed by atoms with Gasteiger partial charge in [-0.25, -0.2) is 9.55 Å². The molecule has 2 atom stereocenters. The zero-order chi connectivity index (χ0) is 31.8. The van der Waals surface area contributed by atoms with Gasteiger partial charge in [0.2, 0.25) is 0 Å². The number of imidazole rings is 1. The van der Waals surface area contributed by atoms with Crippen molar-refractivity contribution in [3.63, 3.8) is 0 Å². The molecule has 0 saturated heterocycles. The molecule has 2 heteroatoms. The van der Waals surface area contributed by atoms with Gasteiger partial charge in [0.25, 0.3) is 5.82 Å². The molecule has 2 nitrogen and oxygen atoms in total. The van der Waals surface area contributed by atoms with E-state index in [2.05, 4.69) is 103 Å². The van der Waals surface area contributed by atoms with Gasteiger partial charge in [-0.1, -0.05) is 197 Å². The third-order valence-corrected chi connectivity index (χ3v) is 10.3. The fourth-order valence-corrected chi connectivity index (χ4v) is 7.50. The van der Waals surface area contributed by atoms with Gasteiger partial charge < -0.3 is 0 Å². The van der Waals surface area contributed by atoms with Gasteiger partial charge in [0.05, 0.1) is 12.5 Å². The SMILES string of the molecule is CCCCCCCCCCCCCC[n+]1cc[nH]c1C(CCCCCCCCCC)C(C)(Cc1ccccc1)c1ccccc1. The highest BCUT2D eigenvalue weighted by Gasteiger charge is 2.41. The largest absolute Gasteiger partial charge is 0.258 e. The molecule has 250 valence electrons. The van der Waals surface area contributed by atoms with Gasteiger partial charge in [-0.2, -0.15) is 0 Å². The highest BCUT2D eigenvalue weighted by Crippen LogP contribution is 2.43. The molecule has 0 radical (unpaired) electrons. The van der Waals surface area contributed by atoms with Crippen LogP contribution in [0.4, 0.5) is 0 Å². The van der Waals surface area contributed by atoms with Crippen molar-refractivity contribution in [2.24, 2.45) is 0 Å². The molecule has 0 spiro atoms. The maximum atomic E-state index is 3.80. The summed E-state index contributed by atoms with van der Waals surface area (Å²) in [5.41, 5.74) is 2.90. The molecule has 3 rings (SSSR count). The van der Waals surface area contributed by atoms with Gasteiger partial charge >= 0.3 is 0 Å². The van der Waals surface area contributed by atoms with E-state index in [4.69, 9.17) is 0 Å². The standard InChI is InChI=1S/C43H68N2/c1-4-6-8-10-12-14-15-16-17-19-21-29-36-45-37-35-44-42(45)41(34-28-20-18-13-11-9-7-5-2)43(3,40-32-26-23-27-33-40)38-39-30-24-22-25-31-39/h22-27,30-33,35,37,41H,4-21,28-29,34,36,38H2,1-3H3/p+1. The minimum atomic E-state index is 0.00683. The molecular formula is C43H69N2+. The minimum absolute atomic E-state index is 0.00683. The number of nitrogens with one attached hydrogen (secondary N) is 1. The van der Waals surface area contributed by atoms with Gasteiger partial charge in [0, 0.05) is 5.41 Å². The van der Waals surface area contributed by atoms with Crippen LogP contribution in [0, 0.1) is 0 Å². The zero-order valence-electron chi connectivity index (χ0n) is 29.7. The molecule has 0 fully saturated rings. The van der Waals surface area contributed by atoms with Crippen LogP contribution in [0.3, 0.4) is 0 Å². The summed E-state index contributed by atoms with van der Waals surface area (Å²) in [4.78, 5) is 3.80. The van der Waals surface area contributed by atoms with E-state index in [1.54, 1.807) is 0 Å². The molecule has 0 aliphatic rings. The first-order chi connectivity index (χ1) is 22.2. The lowest BCUT2D eigenvalue weighted by Gasteiger charge is -2.37. The highest BCUT2D eigenvalue weighted by atomic mass is 15.1.